The molecule has 0 saturated carbocycles. The lowest BCUT2D eigenvalue weighted by Crippen LogP contribution is -2.59. The van der Waals surface area contributed by atoms with E-state index in [2.05, 4.69) is 56.4 Å². The minimum Gasteiger partial charge on any atom is -0.462 e. The van der Waals surface area contributed by atoms with E-state index in [1.807, 2.05) is 18.2 Å². The summed E-state index contributed by atoms with van der Waals surface area (Å²) in [5, 5.41) is 40.0. The number of ether oxygens (including phenoxy) is 4. The summed E-state index contributed by atoms with van der Waals surface area (Å²) < 4.78 is 22.1. The SMILES string of the molecule is CC/C=C/C=C/C=C/CCCCCCCC(=O)OC(COC(=O)CCCCCCC/C=C/C=C/CCCCCCCCC)CO[C@H]1O[C@@H](CO)[C@@H](O)C(O)C1O. The second kappa shape index (κ2) is 36.7. The maximum atomic E-state index is 12.7. The number of hydrogen-bond donors (Lipinski definition) is 4. The maximum Gasteiger partial charge on any atom is 0.306 e. The summed E-state index contributed by atoms with van der Waals surface area (Å²) in [6, 6.07) is 0. The Morgan fingerprint density at radius 1 is 0.571 bits per heavy atom. The summed E-state index contributed by atoms with van der Waals surface area (Å²) in [6.07, 6.45) is 36.6. The molecule has 4 N–H and O–H groups in total. The van der Waals surface area contributed by atoms with Gasteiger partial charge in [0.1, 0.15) is 31.0 Å². The molecule has 0 aromatic heterocycles. The summed E-state index contributed by atoms with van der Waals surface area (Å²) in [4.78, 5) is 25.3. The van der Waals surface area contributed by atoms with Crippen LogP contribution in [-0.2, 0) is 28.5 Å². The molecule has 6 atom stereocenters. The van der Waals surface area contributed by atoms with Gasteiger partial charge in [-0.05, 0) is 57.8 Å². The topological polar surface area (TPSA) is 152 Å². The highest BCUT2D eigenvalue weighted by Gasteiger charge is 2.44. The molecule has 322 valence electrons. The van der Waals surface area contributed by atoms with Gasteiger partial charge in [-0.3, -0.25) is 9.59 Å². The lowest BCUT2D eigenvalue weighted by atomic mass is 9.99. The van der Waals surface area contributed by atoms with Gasteiger partial charge in [0.05, 0.1) is 13.2 Å². The molecular weight excluding hydrogens is 712 g/mol. The van der Waals surface area contributed by atoms with Crippen molar-refractivity contribution in [3.63, 3.8) is 0 Å². The minimum absolute atomic E-state index is 0.201. The molecule has 0 amide bonds. The van der Waals surface area contributed by atoms with Crippen LogP contribution < -0.4 is 0 Å². The van der Waals surface area contributed by atoms with Crippen molar-refractivity contribution in [3.8, 4) is 0 Å². The first-order valence-corrected chi connectivity index (χ1v) is 21.9. The van der Waals surface area contributed by atoms with Crippen LogP contribution in [0.25, 0.3) is 0 Å². The fourth-order valence-electron chi connectivity index (χ4n) is 6.24. The van der Waals surface area contributed by atoms with Gasteiger partial charge in [-0.2, -0.15) is 0 Å². The summed E-state index contributed by atoms with van der Waals surface area (Å²) in [5.41, 5.74) is 0. The molecule has 1 aliphatic heterocycles. The number of carbonyl (C=O) groups is 2. The van der Waals surface area contributed by atoms with Gasteiger partial charge in [-0.15, -0.1) is 0 Å². The van der Waals surface area contributed by atoms with Crippen LogP contribution in [0.3, 0.4) is 0 Å². The van der Waals surface area contributed by atoms with Gasteiger partial charge in [0, 0.05) is 12.8 Å². The molecule has 10 heteroatoms. The minimum atomic E-state index is -1.60. The first-order valence-electron chi connectivity index (χ1n) is 21.9. The van der Waals surface area contributed by atoms with Gasteiger partial charge in [-0.1, -0.05) is 152 Å². The monoisotopic (exact) mass is 791 g/mol. The average molecular weight is 791 g/mol. The Labute approximate surface area is 339 Å². The summed E-state index contributed by atoms with van der Waals surface area (Å²) in [5.74, 6) is -0.853. The zero-order chi connectivity index (χ0) is 40.9. The van der Waals surface area contributed by atoms with E-state index in [1.165, 1.54) is 44.9 Å². The molecule has 0 bridgehead atoms. The molecule has 0 aromatic carbocycles. The Balaban J connectivity index is 2.36. The third-order valence-electron chi connectivity index (χ3n) is 9.73. The molecule has 1 fully saturated rings. The highest BCUT2D eigenvalue weighted by atomic mass is 16.7. The Hall–Kier alpha value is -2.60. The molecule has 3 unspecified atom stereocenters. The van der Waals surface area contributed by atoms with Gasteiger partial charge in [0.25, 0.3) is 0 Å². The molecule has 0 spiro atoms. The van der Waals surface area contributed by atoms with Crippen LogP contribution >= 0.6 is 0 Å². The van der Waals surface area contributed by atoms with Crippen LogP contribution in [-0.4, -0.2) is 89.0 Å². The maximum absolute atomic E-state index is 12.7. The Morgan fingerprint density at radius 3 is 1.59 bits per heavy atom. The molecule has 1 aliphatic rings. The zero-order valence-electron chi connectivity index (χ0n) is 34.9. The van der Waals surface area contributed by atoms with Crippen molar-refractivity contribution < 1.29 is 49.0 Å². The zero-order valence-corrected chi connectivity index (χ0v) is 34.9. The van der Waals surface area contributed by atoms with E-state index in [4.69, 9.17) is 18.9 Å². The first kappa shape index (κ1) is 51.4. The van der Waals surface area contributed by atoms with Crippen LogP contribution in [0.5, 0.6) is 0 Å². The van der Waals surface area contributed by atoms with E-state index in [0.29, 0.717) is 12.8 Å². The second-order valence-electron chi connectivity index (χ2n) is 14.9. The van der Waals surface area contributed by atoms with E-state index < -0.39 is 55.4 Å². The number of carbonyl (C=O) groups excluding carboxylic acids is 2. The number of unbranched alkanes of at least 4 members (excludes halogenated alkanes) is 17. The first-order chi connectivity index (χ1) is 27.3. The molecule has 10 nitrogen and oxygen atoms in total. The van der Waals surface area contributed by atoms with Crippen molar-refractivity contribution in [2.45, 2.75) is 198 Å². The van der Waals surface area contributed by atoms with E-state index in [0.717, 1.165) is 77.0 Å². The number of allylic oxidation sites excluding steroid dienone is 10. The molecule has 56 heavy (non-hydrogen) atoms. The Kier molecular flexibility index (Phi) is 33.7. The third kappa shape index (κ3) is 27.9. The van der Waals surface area contributed by atoms with Crippen LogP contribution in [0.4, 0.5) is 0 Å². The molecule has 1 saturated heterocycles. The number of rotatable bonds is 35. The molecule has 0 radical (unpaired) electrons. The van der Waals surface area contributed by atoms with Crippen LogP contribution in [0.15, 0.2) is 60.8 Å². The van der Waals surface area contributed by atoms with Crippen molar-refractivity contribution in [2.24, 2.45) is 0 Å². The average Bonchev–Trinajstić information content (AvgIpc) is 3.19. The Bertz CT molecular complexity index is 1100. The van der Waals surface area contributed by atoms with Crippen molar-refractivity contribution >= 4 is 11.9 Å². The second-order valence-corrected chi connectivity index (χ2v) is 14.9. The highest BCUT2D eigenvalue weighted by Crippen LogP contribution is 2.22. The number of hydrogen-bond acceptors (Lipinski definition) is 10. The molecule has 1 rings (SSSR count). The normalized spacial score (nSPS) is 21.0. The predicted octanol–water partition coefficient (Wildman–Crippen LogP) is 9.05. The standard InChI is InChI=1S/C46H78O10/c1-3-5-7-9-11-13-15-17-18-19-20-21-23-24-26-28-30-32-34-41(48)53-37-39(38-54-46-45(52)44(51)43(50)40(36-47)56-46)55-42(49)35-33-31-29-27-25-22-16-14-12-10-8-6-4-2/h6,8,10,12,14,16,18-21,39-40,43-47,50-52H,3-5,7,9,11,13,15,17,22-38H2,1-2H3/b8-6+,12-10+,16-14+,19-18+,21-20+/t39?,40-,43+,44?,45?,46-/m0/s1. The Morgan fingerprint density at radius 2 is 1.05 bits per heavy atom. The van der Waals surface area contributed by atoms with Crippen molar-refractivity contribution in [1.82, 2.24) is 0 Å². The summed E-state index contributed by atoms with van der Waals surface area (Å²) >= 11 is 0. The van der Waals surface area contributed by atoms with Crippen LogP contribution in [0.1, 0.15) is 162 Å². The molecule has 1 heterocycles. The van der Waals surface area contributed by atoms with Gasteiger partial charge in [0.2, 0.25) is 0 Å². The molecule has 0 aromatic rings. The summed E-state index contributed by atoms with van der Waals surface area (Å²) in [6.45, 7) is 3.23. The highest BCUT2D eigenvalue weighted by molar-refractivity contribution is 5.70. The third-order valence-corrected chi connectivity index (χ3v) is 9.73. The fraction of sp³-hybridized carbons (Fsp3) is 0.739. The molecule has 0 aliphatic carbocycles. The smallest absolute Gasteiger partial charge is 0.306 e. The van der Waals surface area contributed by atoms with Crippen LogP contribution in [0.2, 0.25) is 0 Å². The van der Waals surface area contributed by atoms with E-state index >= 15 is 0 Å². The predicted molar refractivity (Wildman–Crippen MR) is 224 cm³/mol. The van der Waals surface area contributed by atoms with Gasteiger partial charge in [0.15, 0.2) is 12.4 Å². The van der Waals surface area contributed by atoms with Crippen molar-refractivity contribution in [1.29, 1.82) is 0 Å². The summed E-state index contributed by atoms with van der Waals surface area (Å²) in [7, 11) is 0. The fourth-order valence-corrected chi connectivity index (χ4v) is 6.24. The largest absolute Gasteiger partial charge is 0.462 e. The lowest BCUT2D eigenvalue weighted by Gasteiger charge is -2.39. The number of aliphatic hydroxyl groups is 4. The van der Waals surface area contributed by atoms with E-state index in [1.54, 1.807) is 0 Å². The number of esters is 2. The van der Waals surface area contributed by atoms with E-state index in [9.17, 15) is 30.0 Å². The van der Waals surface area contributed by atoms with Crippen molar-refractivity contribution in [2.75, 3.05) is 19.8 Å². The quantitative estimate of drug-likeness (QED) is 0.0278. The lowest BCUT2D eigenvalue weighted by molar-refractivity contribution is -0.305. The molecular formula is C46H78O10. The van der Waals surface area contributed by atoms with E-state index in [-0.39, 0.29) is 26.1 Å². The number of aliphatic hydroxyl groups excluding tert-OH is 4. The van der Waals surface area contributed by atoms with Crippen molar-refractivity contribution in [3.05, 3.63) is 60.8 Å². The van der Waals surface area contributed by atoms with Gasteiger partial charge in [-0.25, -0.2) is 0 Å². The van der Waals surface area contributed by atoms with Gasteiger partial charge < -0.3 is 39.4 Å². The van der Waals surface area contributed by atoms with Crippen LogP contribution in [0, 0.1) is 0 Å². The van der Waals surface area contributed by atoms with Gasteiger partial charge >= 0.3 is 11.9 Å².